The van der Waals surface area contributed by atoms with Crippen LogP contribution in [0.5, 0.6) is 0 Å². The largest absolute Gasteiger partial charge is 0.444 e. The van der Waals surface area contributed by atoms with Gasteiger partial charge < -0.3 is 10.1 Å². The Morgan fingerprint density at radius 1 is 1.30 bits per heavy atom. The number of halogens is 1. The van der Waals surface area contributed by atoms with Gasteiger partial charge in [0.1, 0.15) is 5.60 Å². The minimum Gasteiger partial charge on any atom is -0.444 e. The first-order valence-electron chi connectivity index (χ1n) is 6.59. The molecule has 0 spiro atoms. The highest BCUT2D eigenvalue weighted by Crippen LogP contribution is 2.30. The van der Waals surface area contributed by atoms with E-state index in [1.807, 2.05) is 58.0 Å². The molecule has 3 nitrogen and oxygen atoms in total. The van der Waals surface area contributed by atoms with Crippen LogP contribution in [0.25, 0.3) is 0 Å². The summed E-state index contributed by atoms with van der Waals surface area (Å²) in [5.74, 6) is 0.116. The minimum atomic E-state index is -0.504. The topological polar surface area (TPSA) is 38.3 Å². The average molecular weight is 387 g/mol. The van der Waals surface area contributed by atoms with Crippen LogP contribution in [0.4, 0.5) is 4.79 Å². The van der Waals surface area contributed by atoms with E-state index in [9.17, 15) is 4.79 Å². The molecule has 0 aliphatic carbocycles. The van der Waals surface area contributed by atoms with Crippen molar-refractivity contribution >= 4 is 28.7 Å². The van der Waals surface area contributed by atoms with Crippen LogP contribution in [0.2, 0.25) is 0 Å². The SMILES string of the molecule is C=C(I)[C@H](C)[C@H](NC(=O)OC(C)(C)C)c1ccccc1. The molecule has 0 aliphatic heterocycles. The highest BCUT2D eigenvalue weighted by Gasteiger charge is 2.25. The molecule has 0 radical (unpaired) electrons. The Morgan fingerprint density at radius 3 is 2.30 bits per heavy atom. The zero-order valence-corrected chi connectivity index (χ0v) is 14.6. The van der Waals surface area contributed by atoms with Crippen molar-refractivity contribution in [2.75, 3.05) is 0 Å². The number of rotatable bonds is 4. The Hall–Kier alpha value is -1.04. The summed E-state index contributed by atoms with van der Waals surface area (Å²) in [6.07, 6.45) is -0.407. The van der Waals surface area contributed by atoms with Gasteiger partial charge in [-0.15, -0.1) is 0 Å². The molecule has 1 aromatic carbocycles. The molecule has 0 saturated carbocycles. The normalized spacial score (nSPS) is 14.2. The molecular weight excluding hydrogens is 365 g/mol. The molecule has 2 atom stereocenters. The molecule has 0 bridgehead atoms. The van der Waals surface area contributed by atoms with E-state index in [0.717, 1.165) is 9.14 Å². The second-order valence-corrected chi connectivity index (χ2v) is 7.16. The summed E-state index contributed by atoms with van der Waals surface area (Å²) in [5.41, 5.74) is 0.541. The Labute approximate surface area is 134 Å². The molecule has 0 saturated heterocycles. The van der Waals surface area contributed by atoms with Gasteiger partial charge in [0.05, 0.1) is 6.04 Å². The third kappa shape index (κ3) is 5.53. The van der Waals surface area contributed by atoms with Crippen LogP contribution in [0.15, 0.2) is 40.5 Å². The molecule has 4 heteroatoms. The van der Waals surface area contributed by atoms with E-state index in [-0.39, 0.29) is 12.0 Å². The maximum Gasteiger partial charge on any atom is 0.408 e. The Bertz CT molecular complexity index is 465. The van der Waals surface area contributed by atoms with Crippen LogP contribution in [-0.4, -0.2) is 11.7 Å². The smallest absolute Gasteiger partial charge is 0.408 e. The molecule has 0 unspecified atom stereocenters. The van der Waals surface area contributed by atoms with Gasteiger partial charge in [-0.3, -0.25) is 0 Å². The van der Waals surface area contributed by atoms with Crippen LogP contribution in [0.3, 0.4) is 0 Å². The molecule has 1 rings (SSSR count). The number of benzene rings is 1. The number of hydrogen-bond donors (Lipinski definition) is 1. The van der Waals surface area contributed by atoms with Crippen LogP contribution < -0.4 is 5.32 Å². The van der Waals surface area contributed by atoms with E-state index in [1.165, 1.54) is 0 Å². The third-order valence-electron chi connectivity index (χ3n) is 2.83. The van der Waals surface area contributed by atoms with Crippen LogP contribution in [0.1, 0.15) is 39.3 Å². The minimum absolute atomic E-state index is 0.116. The first-order valence-corrected chi connectivity index (χ1v) is 7.67. The molecule has 1 N–H and O–H groups in total. The highest BCUT2D eigenvalue weighted by molar-refractivity contribution is 14.1. The standard InChI is InChI=1S/C16H22INO2/c1-11(12(2)17)14(13-9-7-6-8-10-13)18-15(19)20-16(3,4)5/h6-11,14H,2H2,1,3-5H3,(H,18,19)/t11-,14-/m0/s1. The van der Waals surface area contributed by atoms with E-state index >= 15 is 0 Å². The summed E-state index contributed by atoms with van der Waals surface area (Å²) >= 11 is 2.20. The summed E-state index contributed by atoms with van der Waals surface area (Å²) in [7, 11) is 0. The summed E-state index contributed by atoms with van der Waals surface area (Å²) in [4.78, 5) is 12.0. The fourth-order valence-corrected chi connectivity index (χ4v) is 2.13. The molecule has 0 aliphatic rings. The van der Waals surface area contributed by atoms with Crippen molar-refractivity contribution in [1.82, 2.24) is 5.32 Å². The van der Waals surface area contributed by atoms with Gasteiger partial charge in [0, 0.05) is 5.92 Å². The van der Waals surface area contributed by atoms with Gasteiger partial charge >= 0.3 is 6.09 Å². The van der Waals surface area contributed by atoms with E-state index in [4.69, 9.17) is 4.74 Å². The second-order valence-electron chi connectivity index (χ2n) is 5.77. The Balaban J connectivity index is 2.90. The van der Waals surface area contributed by atoms with E-state index in [2.05, 4.69) is 34.5 Å². The zero-order chi connectivity index (χ0) is 15.3. The van der Waals surface area contributed by atoms with Gasteiger partial charge in [0.25, 0.3) is 0 Å². The predicted octanol–water partition coefficient (Wildman–Crippen LogP) is 4.84. The van der Waals surface area contributed by atoms with E-state index in [0.29, 0.717) is 0 Å². The maximum absolute atomic E-state index is 12.0. The van der Waals surface area contributed by atoms with Crippen molar-refractivity contribution in [2.24, 2.45) is 5.92 Å². The zero-order valence-electron chi connectivity index (χ0n) is 12.4. The van der Waals surface area contributed by atoms with Gasteiger partial charge in [-0.2, -0.15) is 0 Å². The summed E-state index contributed by atoms with van der Waals surface area (Å²) in [5, 5.41) is 2.94. The first-order chi connectivity index (χ1) is 9.20. The average Bonchev–Trinajstić information content (AvgIpc) is 2.34. The number of amides is 1. The summed E-state index contributed by atoms with van der Waals surface area (Å²) < 4.78 is 6.33. The fourth-order valence-electron chi connectivity index (χ4n) is 1.77. The maximum atomic E-state index is 12.0. The highest BCUT2D eigenvalue weighted by atomic mass is 127. The lowest BCUT2D eigenvalue weighted by atomic mass is 9.95. The molecular formula is C16H22INO2. The predicted molar refractivity (Wildman–Crippen MR) is 90.9 cm³/mol. The number of hydrogen-bond acceptors (Lipinski definition) is 2. The second kappa shape index (κ2) is 7.11. The third-order valence-corrected chi connectivity index (χ3v) is 3.81. The first kappa shape index (κ1) is 17.0. The number of alkyl carbamates (subject to hydrolysis) is 1. The lowest BCUT2D eigenvalue weighted by molar-refractivity contribution is 0.0493. The van der Waals surface area contributed by atoms with Crippen LogP contribution in [-0.2, 0) is 4.74 Å². The van der Waals surface area contributed by atoms with Gasteiger partial charge in [0.2, 0.25) is 0 Å². The Kier molecular flexibility index (Phi) is 6.05. The molecule has 1 aromatic rings. The van der Waals surface area contributed by atoms with E-state index < -0.39 is 11.7 Å². The summed E-state index contributed by atoms with van der Waals surface area (Å²) in [6, 6.07) is 9.73. The van der Waals surface area contributed by atoms with Gasteiger partial charge in [0.15, 0.2) is 0 Å². The lowest BCUT2D eigenvalue weighted by Crippen LogP contribution is -2.37. The molecule has 0 aromatic heterocycles. The van der Waals surface area contributed by atoms with Crippen LogP contribution in [0, 0.1) is 5.92 Å². The number of ether oxygens (including phenoxy) is 1. The van der Waals surface area contributed by atoms with Crippen molar-refractivity contribution in [1.29, 1.82) is 0 Å². The van der Waals surface area contributed by atoms with Gasteiger partial charge in [-0.05, 0) is 52.5 Å². The molecule has 0 fully saturated rings. The number of carbonyl (C=O) groups excluding carboxylic acids is 1. The fraction of sp³-hybridized carbons (Fsp3) is 0.438. The molecule has 1 amide bonds. The monoisotopic (exact) mass is 387 g/mol. The van der Waals surface area contributed by atoms with Crippen LogP contribution >= 0.6 is 22.6 Å². The van der Waals surface area contributed by atoms with Gasteiger partial charge in [-0.25, -0.2) is 4.79 Å². The number of nitrogens with one attached hydrogen (secondary N) is 1. The summed E-state index contributed by atoms with van der Waals surface area (Å²) in [6.45, 7) is 11.6. The van der Waals surface area contributed by atoms with Crippen molar-refractivity contribution in [2.45, 2.75) is 39.3 Å². The van der Waals surface area contributed by atoms with Gasteiger partial charge in [-0.1, -0.05) is 43.8 Å². The number of carbonyl (C=O) groups is 1. The molecule has 0 heterocycles. The van der Waals surface area contributed by atoms with Crippen molar-refractivity contribution in [3.63, 3.8) is 0 Å². The Morgan fingerprint density at radius 2 is 1.85 bits per heavy atom. The lowest BCUT2D eigenvalue weighted by Gasteiger charge is -2.27. The van der Waals surface area contributed by atoms with Crippen molar-refractivity contribution < 1.29 is 9.53 Å². The van der Waals surface area contributed by atoms with E-state index in [1.54, 1.807) is 0 Å². The quantitative estimate of drug-likeness (QED) is 0.751. The van der Waals surface area contributed by atoms with Crippen molar-refractivity contribution in [3.8, 4) is 0 Å². The molecule has 110 valence electrons. The molecule has 20 heavy (non-hydrogen) atoms. The van der Waals surface area contributed by atoms with Crippen molar-refractivity contribution in [3.05, 3.63) is 46.1 Å².